The second-order valence-corrected chi connectivity index (χ2v) is 8.99. The quantitative estimate of drug-likeness (QED) is 0.339. The Balaban J connectivity index is 1.68. The lowest BCUT2D eigenvalue weighted by molar-refractivity contribution is 0.508. The third-order valence-electron chi connectivity index (χ3n) is 4.66. The monoisotopic (exact) mass is 412 g/mol. The number of fused-ring (bicyclic) bond motifs is 1. The van der Waals surface area contributed by atoms with Crippen LogP contribution in [0, 0.1) is 13.8 Å². The summed E-state index contributed by atoms with van der Waals surface area (Å²) >= 11 is 3.02. The highest BCUT2D eigenvalue weighted by molar-refractivity contribution is 7.99. The van der Waals surface area contributed by atoms with E-state index in [1.165, 1.54) is 11.8 Å². The van der Waals surface area contributed by atoms with E-state index in [1.54, 1.807) is 15.9 Å². The average Bonchev–Trinajstić information content (AvgIpc) is 3.28. The number of thiophene rings is 1. The zero-order valence-electron chi connectivity index (χ0n) is 16.1. The molecular formula is C20H20N4O2S2. The molecule has 4 rings (SSSR count). The van der Waals surface area contributed by atoms with E-state index in [9.17, 15) is 4.79 Å². The van der Waals surface area contributed by atoms with Gasteiger partial charge in [0.1, 0.15) is 4.83 Å². The molecule has 0 amide bonds. The van der Waals surface area contributed by atoms with Crippen LogP contribution >= 0.6 is 23.1 Å². The Labute approximate surface area is 170 Å². The van der Waals surface area contributed by atoms with Gasteiger partial charge in [0.15, 0.2) is 5.16 Å². The summed E-state index contributed by atoms with van der Waals surface area (Å²) in [4.78, 5) is 19.7. The molecule has 0 bridgehead atoms. The molecule has 3 aromatic heterocycles. The van der Waals surface area contributed by atoms with Gasteiger partial charge in [-0.3, -0.25) is 9.36 Å². The first-order valence-electron chi connectivity index (χ1n) is 9.05. The summed E-state index contributed by atoms with van der Waals surface area (Å²) in [5.74, 6) is 1.00. The van der Waals surface area contributed by atoms with E-state index in [0.717, 1.165) is 26.2 Å². The standard InChI is InChI=1S/C20H20N4O2S2/c1-5-24-19(25)15-11(2)12(3)27-18(15)21-20(24)28-13(4)16-22-23-17(26-16)14-9-7-6-8-10-14/h6-10,13H,5H2,1-4H3/t13-/m1/s1. The normalized spacial score (nSPS) is 12.6. The lowest BCUT2D eigenvalue weighted by Gasteiger charge is -2.12. The zero-order valence-corrected chi connectivity index (χ0v) is 17.7. The maximum Gasteiger partial charge on any atom is 0.263 e. The number of hydrogen-bond acceptors (Lipinski definition) is 7. The molecule has 0 aliphatic rings. The van der Waals surface area contributed by atoms with Crippen LogP contribution in [0.5, 0.6) is 0 Å². The first-order chi connectivity index (χ1) is 13.5. The van der Waals surface area contributed by atoms with Gasteiger partial charge in [0.05, 0.1) is 10.6 Å². The minimum Gasteiger partial charge on any atom is -0.419 e. The summed E-state index contributed by atoms with van der Waals surface area (Å²) in [6.45, 7) is 8.50. The average molecular weight is 413 g/mol. The minimum atomic E-state index is -0.130. The summed E-state index contributed by atoms with van der Waals surface area (Å²) in [5.41, 5.74) is 1.92. The van der Waals surface area contributed by atoms with E-state index in [-0.39, 0.29) is 10.8 Å². The number of thioether (sulfide) groups is 1. The highest BCUT2D eigenvalue weighted by Gasteiger charge is 2.21. The number of aryl methyl sites for hydroxylation is 2. The Morgan fingerprint density at radius 2 is 1.96 bits per heavy atom. The van der Waals surface area contributed by atoms with E-state index >= 15 is 0 Å². The van der Waals surface area contributed by atoms with E-state index in [4.69, 9.17) is 9.40 Å². The molecule has 0 radical (unpaired) electrons. The van der Waals surface area contributed by atoms with Crippen molar-refractivity contribution in [1.82, 2.24) is 19.7 Å². The predicted octanol–water partition coefficient (Wildman–Crippen LogP) is 5.00. The van der Waals surface area contributed by atoms with Crippen molar-refractivity contribution in [2.24, 2.45) is 0 Å². The van der Waals surface area contributed by atoms with Crippen LogP contribution in [-0.2, 0) is 6.54 Å². The van der Waals surface area contributed by atoms with Gasteiger partial charge in [0.25, 0.3) is 5.56 Å². The molecule has 0 saturated heterocycles. The van der Waals surface area contributed by atoms with Crippen LogP contribution < -0.4 is 5.56 Å². The van der Waals surface area contributed by atoms with Gasteiger partial charge in [-0.2, -0.15) is 0 Å². The second kappa shape index (κ2) is 7.52. The molecule has 1 atom stereocenters. The van der Waals surface area contributed by atoms with Crippen molar-refractivity contribution in [3.05, 3.63) is 57.0 Å². The number of benzene rings is 1. The molecule has 6 nitrogen and oxygen atoms in total. The van der Waals surface area contributed by atoms with Crippen molar-refractivity contribution in [1.29, 1.82) is 0 Å². The van der Waals surface area contributed by atoms with Gasteiger partial charge >= 0.3 is 0 Å². The fraction of sp³-hybridized carbons (Fsp3) is 0.300. The van der Waals surface area contributed by atoms with Crippen LogP contribution in [0.15, 0.2) is 44.7 Å². The van der Waals surface area contributed by atoms with Crippen LogP contribution in [0.2, 0.25) is 0 Å². The topological polar surface area (TPSA) is 73.8 Å². The van der Waals surface area contributed by atoms with E-state index < -0.39 is 0 Å². The van der Waals surface area contributed by atoms with Crippen molar-refractivity contribution in [2.45, 2.75) is 44.6 Å². The molecule has 0 unspecified atom stereocenters. The molecule has 4 aromatic rings. The Morgan fingerprint density at radius 1 is 1.21 bits per heavy atom. The molecule has 0 spiro atoms. The van der Waals surface area contributed by atoms with E-state index in [0.29, 0.717) is 23.5 Å². The molecule has 0 aliphatic heterocycles. The highest BCUT2D eigenvalue weighted by atomic mass is 32.2. The Kier molecular flexibility index (Phi) is 5.07. The number of rotatable bonds is 5. The van der Waals surface area contributed by atoms with Gasteiger partial charge in [0, 0.05) is 17.0 Å². The van der Waals surface area contributed by atoms with E-state index in [2.05, 4.69) is 10.2 Å². The van der Waals surface area contributed by atoms with Crippen LogP contribution in [0.1, 0.15) is 35.4 Å². The number of hydrogen-bond donors (Lipinski definition) is 0. The van der Waals surface area contributed by atoms with Crippen molar-refractivity contribution >= 4 is 33.3 Å². The third kappa shape index (κ3) is 3.27. The summed E-state index contributed by atoms with van der Waals surface area (Å²) in [7, 11) is 0. The molecule has 0 aliphatic carbocycles. The van der Waals surface area contributed by atoms with Crippen LogP contribution in [0.25, 0.3) is 21.7 Å². The SMILES string of the molecule is CCn1c(S[C@H](C)c2nnc(-c3ccccc3)o2)nc2sc(C)c(C)c2c1=O. The first kappa shape index (κ1) is 18.9. The molecule has 28 heavy (non-hydrogen) atoms. The zero-order chi connectivity index (χ0) is 19.8. The molecular weight excluding hydrogens is 392 g/mol. The fourth-order valence-electron chi connectivity index (χ4n) is 2.98. The van der Waals surface area contributed by atoms with Crippen molar-refractivity contribution in [3.8, 4) is 11.5 Å². The number of nitrogens with zero attached hydrogens (tertiary/aromatic N) is 4. The summed E-state index contributed by atoms with van der Waals surface area (Å²) in [5, 5.41) is 9.63. The van der Waals surface area contributed by atoms with Crippen molar-refractivity contribution in [3.63, 3.8) is 0 Å². The van der Waals surface area contributed by atoms with Crippen molar-refractivity contribution < 1.29 is 4.42 Å². The lowest BCUT2D eigenvalue weighted by atomic mass is 10.2. The lowest BCUT2D eigenvalue weighted by Crippen LogP contribution is -2.22. The van der Waals surface area contributed by atoms with Gasteiger partial charge in [-0.25, -0.2) is 4.98 Å². The van der Waals surface area contributed by atoms with Crippen LogP contribution in [0.4, 0.5) is 0 Å². The number of aromatic nitrogens is 4. The van der Waals surface area contributed by atoms with Gasteiger partial charge in [-0.15, -0.1) is 21.5 Å². The molecule has 0 fully saturated rings. The van der Waals surface area contributed by atoms with Gasteiger partial charge in [-0.1, -0.05) is 30.0 Å². The Bertz CT molecular complexity index is 1190. The molecule has 8 heteroatoms. The summed E-state index contributed by atoms with van der Waals surface area (Å²) in [6, 6.07) is 9.67. The van der Waals surface area contributed by atoms with Gasteiger partial charge < -0.3 is 4.42 Å². The van der Waals surface area contributed by atoms with Gasteiger partial charge in [0.2, 0.25) is 11.8 Å². The van der Waals surface area contributed by atoms with Crippen LogP contribution in [0.3, 0.4) is 0 Å². The largest absolute Gasteiger partial charge is 0.419 e. The van der Waals surface area contributed by atoms with Gasteiger partial charge in [-0.05, 0) is 45.4 Å². The molecule has 1 aromatic carbocycles. The summed E-state index contributed by atoms with van der Waals surface area (Å²) in [6.07, 6.45) is 0. The smallest absolute Gasteiger partial charge is 0.263 e. The highest BCUT2D eigenvalue weighted by Crippen LogP contribution is 2.35. The molecule has 3 heterocycles. The summed E-state index contributed by atoms with van der Waals surface area (Å²) < 4.78 is 7.58. The fourth-order valence-corrected chi connectivity index (χ4v) is 5.06. The van der Waals surface area contributed by atoms with Crippen LogP contribution in [-0.4, -0.2) is 19.7 Å². The van der Waals surface area contributed by atoms with Crippen molar-refractivity contribution in [2.75, 3.05) is 0 Å². The molecule has 0 N–H and O–H groups in total. The molecule has 144 valence electrons. The second-order valence-electron chi connectivity index (χ2n) is 6.48. The predicted molar refractivity (Wildman–Crippen MR) is 113 cm³/mol. The first-order valence-corrected chi connectivity index (χ1v) is 10.7. The minimum absolute atomic E-state index is 0.0135. The molecule has 0 saturated carbocycles. The Hall–Kier alpha value is -2.45. The maximum absolute atomic E-state index is 13.0. The maximum atomic E-state index is 13.0. The van der Waals surface area contributed by atoms with E-state index in [1.807, 2.05) is 58.0 Å². The third-order valence-corrected chi connectivity index (χ3v) is 6.84. The Morgan fingerprint density at radius 3 is 2.68 bits per heavy atom.